The van der Waals surface area contributed by atoms with Crippen LogP contribution in [0.25, 0.3) is 11.0 Å². The number of morpholine rings is 1. The molecule has 3 nitrogen and oxygen atoms in total. The highest BCUT2D eigenvalue weighted by Gasteiger charge is 2.39. The molecule has 2 aliphatic rings. The molecule has 1 aromatic heterocycles. The molecule has 0 radical (unpaired) electrons. The molecule has 4 heteroatoms. The quantitative estimate of drug-likeness (QED) is 0.849. The highest BCUT2D eigenvalue weighted by molar-refractivity contribution is 9.10. The van der Waals surface area contributed by atoms with E-state index in [2.05, 4.69) is 33.4 Å². The van der Waals surface area contributed by atoms with Crippen LogP contribution in [0.1, 0.15) is 37.5 Å². The van der Waals surface area contributed by atoms with Gasteiger partial charge in [-0.2, -0.15) is 0 Å². The van der Waals surface area contributed by atoms with Crippen molar-refractivity contribution in [2.45, 2.75) is 37.3 Å². The first-order chi connectivity index (χ1) is 9.74. The summed E-state index contributed by atoms with van der Waals surface area (Å²) >= 11 is 3.49. The maximum Gasteiger partial charge on any atom is 0.135 e. The fourth-order valence-electron chi connectivity index (χ4n) is 3.43. The van der Waals surface area contributed by atoms with E-state index in [1.165, 1.54) is 25.7 Å². The van der Waals surface area contributed by atoms with Crippen molar-refractivity contribution in [3.05, 3.63) is 34.5 Å². The minimum Gasteiger partial charge on any atom is -0.458 e. The molecule has 1 aliphatic carbocycles. The van der Waals surface area contributed by atoms with Crippen molar-refractivity contribution >= 4 is 26.9 Å². The fourth-order valence-corrected chi connectivity index (χ4v) is 3.81. The van der Waals surface area contributed by atoms with Crippen molar-refractivity contribution in [2.24, 2.45) is 0 Å². The summed E-state index contributed by atoms with van der Waals surface area (Å²) in [6.07, 6.45) is 5.16. The van der Waals surface area contributed by atoms with E-state index in [1.807, 2.05) is 12.1 Å². The fraction of sp³-hybridized carbons (Fsp3) is 0.500. The first-order valence-electron chi connectivity index (χ1n) is 7.30. The highest BCUT2D eigenvalue weighted by Crippen LogP contribution is 2.36. The number of ether oxygens (including phenoxy) is 1. The van der Waals surface area contributed by atoms with Crippen molar-refractivity contribution in [3.8, 4) is 0 Å². The third-order valence-corrected chi connectivity index (χ3v) is 5.09. The Hall–Kier alpha value is -0.840. The van der Waals surface area contributed by atoms with Gasteiger partial charge in [-0.1, -0.05) is 28.8 Å². The minimum absolute atomic E-state index is 0.0346. The van der Waals surface area contributed by atoms with Gasteiger partial charge in [0.05, 0.1) is 6.61 Å². The molecule has 4 rings (SSSR count). The van der Waals surface area contributed by atoms with Crippen LogP contribution in [0.4, 0.5) is 0 Å². The van der Waals surface area contributed by atoms with Crippen LogP contribution in [-0.4, -0.2) is 18.7 Å². The Morgan fingerprint density at radius 1 is 1.20 bits per heavy atom. The summed E-state index contributed by atoms with van der Waals surface area (Å²) in [5.74, 6) is 0.929. The van der Waals surface area contributed by atoms with Gasteiger partial charge in [0.15, 0.2) is 0 Å². The Bertz CT molecular complexity index is 620. The number of furan rings is 1. The Balaban J connectivity index is 1.55. The second-order valence-corrected chi connectivity index (χ2v) is 6.91. The summed E-state index contributed by atoms with van der Waals surface area (Å²) in [6, 6.07) is 8.18. The predicted octanol–water partition coefficient (Wildman–Crippen LogP) is 4.17. The molecule has 1 spiro atoms. The van der Waals surface area contributed by atoms with E-state index in [9.17, 15) is 0 Å². The van der Waals surface area contributed by atoms with E-state index in [-0.39, 0.29) is 11.6 Å². The summed E-state index contributed by atoms with van der Waals surface area (Å²) in [5.41, 5.74) is 1.17. The Kier molecular flexibility index (Phi) is 3.13. The molecular formula is C16H18BrNO2. The summed E-state index contributed by atoms with van der Waals surface area (Å²) in [7, 11) is 0. The van der Waals surface area contributed by atoms with E-state index >= 15 is 0 Å². The van der Waals surface area contributed by atoms with Gasteiger partial charge in [-0.05, 0) is 37.1 Å². The molecule has 0 bridgehead atoms. The van der Waals surface area contributed by atoms with Crippen LogP contribution in [0.15, 0.2) is 33.2 Å². The lowest BCUT2D eigenvalue weighted by molar-refractivity contribution is -0.0413. The summed E-state index contributed by atoms with van der Waals surface area (Å²) < 4.78 is 13.1. The third-order valence-electron chi connectivity index (χ3n) is 4.60. The number of fused-ring (bicyclic) bond motifs is 1. The average molecular weight is 336 g/mol. The zero-order valence-corrected chi connectivity index (χ0v) is 12.9. The topological polar surface area (TPSA) is 34.4 Å². The molecule has 106 valence electrons. The molecule has 1 aromatic carbocycles. The highest BCUT2D eigenvalue weighted by atomic mass is 79.9. The van der Waals surface area contributed by atoms with Crippen molar-refractivity contribution in [1.82, 2.24) is 5.32 Å². The van der Waals surface area contributed by atoms with E-state index in [0.29, 0.717) is 0 Å². The van der Waals surface area contributed by atoms with Crippen LogP contribution in [0.2, 0.25) is 0 Å². The lowest BCUT2D eigenvalue weighted by atomic mass is 9.96. The molecule has 2 heterocycles. The summed E-state index contributed by atoms with van der Waals surface area (Å²) in [5, 5.41) is 4.83. The van der Waals surface area contributed by atoms with Crippen LogP contribution in [-0.2, 0) is 4.74 Å². The van der Waals surface area contributed by atoms with Crippen molar-refractivity contribution in [2.75, 3.05) is 13.2 Å². The van der Waals surface area contributed by atoms with Gasteiger partial charge >= 0.3 is 0 Å². The number of hydrogen-bond donors (Lipinski definition) is 1. The second kappa shape index (κ2) is 4.86. The molecular weight excluding hydrogens is 318 g/mol. The van der Waals surface area contributed by atoms with E-state index in [0.717, 1.165) is 34.4 Å². The van der Waals surface area contributed by atoms with Gasteiger partial charge in [-0.25, -0.2) is 0 Å². The summed E-state index contributed by atoms with van der Waals surface area (Å²) in [4.78, 5) is 0. The SMILES string of the molecule is Brc1ccc2oc(C3CNC4(CCCC4)CO3)cc2c1. The molecule has 1 atom stereocenters. The Morgan fingerprint density at radius 3 is 2.80 bits per heavy atom. The number of nitrogens with one attached hydrogen (secondary N) is 1. The van der Waals surface area contributed by atoms with Crippen LogP contribution in [0.3, 0.4) is 0 Å². The van der Waals surface area contributed by atoms with E-state index < -0.39 is 0 Å². The van der Waals surface area contributed by atoms with Gasteiger partial charge in [0, 0.05) is 21.9 Å². The van der Waals surface area contributed by atoms with Crippen molar-refractivity contribution < 1.29 is 9.15 Å². The van der Waals surface area contributed by atoms with Gasteiger partial charge < -0.3 is 14.5 Å². The second-order valence-electron chi connectivity index (χ2n) is 6.00. The lowest BCUT2D eigenvalue weighted by Gasteiger charge is -2.37. The van der Waals surface area contributed by atoms with Crippen LogP contribution in [0, 0.1) is 0 Å². The maximum absolute atomic E-state index is 6.09. The zero-order chi connectivity index (χ0) is 13.6. The number of hydrogen-bond acceptors (Lipinski definition) is 3. The van der Waals surface area contributed by atoms with Gasteiger partial charge in [0.25, 0.3) is 0 Å². The van der Waals surface area contributed by atoms with Crippen LogP contribution in [0.5, 0.6) is 0 Å². The molecule has 1 unspecified atom stereocenters. The molecule has 1 N–H and O–H groups in total. The van der Waals surface area contributed by atoms with Crippen LogP contribution >= 0.6 is 15.9 Å². The molecule has 2 aromatic rings. The van der Waals surface area contributed by atoms with Gasteiger partial charge in [0.2, 0.25) is 0 Å². The lowest BCUT2D eigenvalue weighted by Crippen LogP contribution is -2.53. The Morgan fingerprint density at radius 2 is 2.05 bits per heavy atom. The predicted molar refractivity (Wildman–Crippen MR) is 81.8 cm³/mol. The molecule has 1 aliphatic heterocycles. The largest absolute Gasteiger partial charge is 0.458 e. The van der Waals surface area contributed by atoms with Crippen LogP contribution < -0.4 is 5.32 Å². The van der Waals surface area contributed by atoms with Crippen molar-refractivity contribution in [1.29, 1.82) is 0 Å². The molecule has 20 heavy (non-hydrogen) atoms. The maximum atomic E-state index is 6.09. The number of benzene rings is 1. The molecule has 0 amide bonds. The third kappa shape index (κ3) is 2.20. The summed E-state index contributed by atoms with van der Waals surface area (Å²) in [6.45, 7) is 1.65. The van der Waals surface area contributed by atoms with E-state index in [1.54, 1.807) is 0 Å². The average Bonchev–Trinajstić information content (AvgIpc) is 3.06. The normalized spacial score (nSPS) is 25.6. The van der Waals surface area contributed by atoms with Crippen molar-refractivity contribution in [3.63, 3.8) is 0 Å². The number of rotatable bonds is 1. The standard InChI is InChI=1S/C16H18BrNO2/c17-12-3-4-13-11(7-12)8-14(20-13)15-9-18-16(10-19-15)5-1-2-6-16/h3-4,7-8,15,18H,1-2,5-6,9-10H2. The van der Waals surface area contributed by atoms with Gasteiger partial charge in [-0.3, -0.25) is 0 Å². The number of halogens is 1. The molecule has 1 saturated heterocycles. The van der Waals surface area contributed by atoms with Gasteiger partial charge in [-0.15, -0.1) is 0 Å². The zero-order valence-electron chi connectivity index (χ0n) is 11.3. The smallest absolute Gasteiger partial charge is 0.135 e. The molecule has 2 fully saturated rings. The van der Waals surface area contributed by atoms with Gasteiger partial charge in [0.1, 0.15) is 17.4 Å². The first-order valence-corrected chi connectivity index (χ1v) is 8.09. The Labute approximate surface area is 126 Å². The minimum atomic E-state index is 0.0346. The van der Waals surface area contributed by atoms with E-state index in [4.69, 9.17) is 9.15 Å². The monoisotopic (exact) mass is 335 g/mol. The molecule has 1 saturated carbocycles. The first kappa shape index (κ1) is 12.9.